The van der Waals surface area contributed by atoms with Crippen molar-refractivity contribution >= 4 is 23.1 Å². The number of carbonyl (C=O) groups is 1. The summed E-state index contributed by atoms with van der Waals surface area (Å²) in [6.07, 6.45) is 0.951. The first kappa shape index (κ1) is 10.5. The number of Topliss-reactive ketones (excluding diaryl/α,β-unsaturated/α-hetero) is 1. The number of carbonyl (C=O) groups excluding carboxylic acids is 1. The molecule has 0 saturated heterocycles. The second-order valence-electron chi connectivity index (χ2n) is 4.85. The maximum atomic E-state index is 12.0. The number of benzene rings is 1. The zero-order valence-electron chi connectivity index (χ0n) is 8.88. The molecule has 80 valence electrons. The molecule has 1 aliphatic carbocycles. The first-order valence-corrected chi connectivity index (χ1v) is 5.39. The predicted molar refractivity (Wildman–Crippen MR) is 62.1 cm³/mol. The normalized spacial score (nSPS) is 22.5. The number of hydrogen-bond donors (Lipinski definition) is 1. The molecule has 1 aromatic rings. The Bertz CT molecular complexity index is 426. The summed E-state index contributed by atoms with van der Waals surface area (Å²) >= 11 is 5.99. The predicted octanol–water partition coefficient (Wildman–Crippen LogP) is 3.15. The van der Waals surface area contributed by atoms with Crippen LogP contribution in [0, 0.1) is 11.3 Å². The van der Waals surface area contributed by atoms with Gasteiger partial charge in [-0.25, -0.2) is 0 Å². The minimum atomic E-state index is 0.124. The van der Waals surface area contributed by atoms with Gasteiger partial charge in [-0.3, -0.25) is 4.79 Å². The standard InChI is InChI=1S/C12H14ClNO/c1-12(2)6-9(12)11(15)8-4-3-7(14)5-10(8)13/h3-5,9H,6,14H2,1-2H3. The average molecular weight is 224 g/mol. The lowest BCUT2D eigenvalue weighted by Crippen LogP contribution is -2.07. The number of nitrogens with two attached hydrogens (primary N) is 1. The largest absolute Gasteiger partial charge is 0.399 e. The molecule has 0 radical (unpaired) electrons. The Morgan fingerprint density at radius 3 is 2.60 bits per heavy atom. The van der Waals surface area contributed by atoms with Gasteiger partial charge in [0.05, 0.1) is 5.02 Å². The highest BCUT2D eigenvalue weighted by atomic mass is 35.5. The highest BCUT2D eigenvalue weighted by Gasteiger charge is 2.50. The molecule has 3 heteroatoms. The van der Waals surface area contributed by atoms with Crippen LogP contribution in [0.3, 0.4) is 0 Å². The molecule has 1 saturated carbocycles. The Hall–Kier alpha value is -1.02. The van der Waals surface area contributed by atoms with Gasteiger partial charge in [-0.05, 0) is 30.0 Å². The van der Waals surface area contributed by atoms with Gasteiger partial charge in [-0.1, -0.05) is 25.4 Å². The van der Waals surface area contributed by atoms with Gasteiger partial charge in [-0.2, -0.15) is 0 Å². The van der Waals surface area contributed by atoms with Crippen LogP contribution in [-0.4, -0.2) is 5.78 Å². The molecule has 0 heterocycles. The Labute approximate surface area is 94.4 Å². The molecule has 1 unspecified atom stereocenters. The van der Waals surface area contributed by atoms with Crippen LogP contribution in [0.5, 0.6) is 0 Å². The molecular weight excluding hydrogens is 210 g/mol. The third-order valence-corrected chi connectivity index (χ3v) is 3.40. The van der Waals surface area contributed by atoms with E-state index in [-0.39, 0.29) is 17.1 Å². The smallest absolute Gasteiger partial charge is 0.167 e. The highest BCUT2D eigenvalue weighted by molar-refractivity contribution is 6.34. The summed E-state index contributed by atoms with van der Waals surface area (Å²) < 4.78 is 0. The van der Waals surface area contributed by atoms with Crippen LogP contribution in [-0.2, 0) is 0 Å². The van der Waals surface area contributed by atoms with Crippen molar-refractivity contribution in [3.8, 4) is 0 Å². The van der Waals surface area contributed by atoms with Gasteiger partial charge in [0.2, 0.25) is 0 Å². The van der Waals surface area contributed by atoms with Crippen LogP contribution in [0.4, 0.5) is 5.69 Å². The molecule has 0 amide bonds. The zero-order valence-corrected chi connectivity index (χ0v) is 9.64. The molecule has 0 aromatic heterocycles. The van der Waals surface area contributed by atoms with Crippen LogP contribution >= 0.6 is 11.6 Å². The first-order chi connectivity index (χ1) is 6.92. The van der Waals surface area contributed by atoms with E-state index in [1.54, 1.807) is 18.2 Å². The van der Waals surface area contributed by atoms with E-state index in [0.29, 0.717) is 16.3 Å². The molecule has 2 N–H and O–H groups in total. The summed E-state index contributed by atoms with van der Waals surface area (Å²) in [7, 11) is 0. The van der Waals surface area contributed by atoms with Gasteiger partial charge >= 0.3 is 0 Å². The quantitative estimate of drug-likeness (QED) is 0.618. The topological polar surface area (TPSA) is 43.1 Å². The van der Waals surface area contributed by atoms with Crippen LogP contribution in [0.15, 0.2) is 18.2 Å². The van der Waals surface area contributed by atoms with Crippen LogP contribution in [0.25, 0.3) is 0 Å². The van der Waals surface area contributed by atoms with E-state index in [9.17, 15) is 4.79 Å². The Kier molecular flexibility index (Phi) is 2.27. The van der Waals surface area contributed by atoms with Crippen molar-refractivity contribution in [3.05, 3.63) is 28.8 Å². The molecule has 0 bridgehead atoms. The van der Waals surface area contributed by atoms with E-state index in [1.165, 1.54) is 0 Å². The molecule has 1 aromatic carbocycles. The second-order valence-corrected chi connectivity index (χ2v) is 5.26. The van der Waals surface area contributed by atoms with E-state index in [0.717, 1.165) is 6.42 Å². The fraction of sp³-hybridized carbons (Fsp3) is 0.417. The Balaban J connectivity index is 2.27. The number of hydrogen-bond acceptors (Lipinski definition) is 2. The van der Waals surface area contributed by atoms with Gasteiger partial charge in [0.25, 0.3) is 0 Å². The summed E-state index contributed by atoms with van der Waals surface area (Å²) in [6, 6.07) is 5.06. The molecule has 2 nitrogen and oxygen atoms in total. The molecule has 15 heavy (non-hydrogen) atoms. The number of anilines is 1. The molecule has 1 fully saturated rings. The zero-order chi connectivity index (χ0) is 11.2. The number of halogens is 1. The summed E-state index contributed by atoms with van der Waals surface area (Å²) in [5.74, 6) is 0.267. The van der Waals surface area contributed by atoms with Crippen molar-refractivity contribution in [2.75, 3.05) is 5.73 Å². The van der Waals surface area contributed by atoms with Gasteiger partial charge in [0, 0.05) is 17.2 Å². The van der Waals surface area contributed by atoms with Gasteiger partial charge < -0.3 is 5.73 Å². The maximum Gasteiger partial charge on any atom is 0.167 e. The summed E-state index contributed by atoms with van der Waals surface area (Å²) in [4.78, 5) is 12.0. The number of ketones is 1. The molecule has 1 aliphatic rings. The molecular formula is C12H14ClNO. The Morgan fingerprint density at radius 2 is 2.13 bits per heavy atom. The van der Waals surface area contributed by atoms with E-state index >= 15 is 0 Å². The summed E-state index contributed by atoms with van der Waals surface area (Å²) in [5, 5.41) is 0.461. The van der Waals surface area contributed by atoms with E-state index in [4.69, 9.17) is 17.3 Å². The fourth-order valence-electron chi connectivity index (χ4n) is 1.83. The second kappa shape index (κ2) is 3.24. The number of rotatable bonds is 2. The third kappa shape index (κ3) is 1.86. The van der Waals surface area contributed by atoms with Crippen molar-refractivity contribution < 1.29 is 4.79 Å². The van der Waals surface area contributed by atoms with E-state index < -0.39 is 0 Å². The van der Waals surface area contributed by atoms with Gasteiger partial charge in [0.15, 0.2) is 5.78 Å². The maximum absolute atomic E-state index is 12.0. The number of nitrogen functional groups attached to an aromatic ring is 1. The van der Waals surface area contributed by atoms with E-state index in [1.807, 2.05) is 0 Å². The lowest BCUT2D eigenvalue weighted by atomic mass is 10.0. The van der Waals surface area contributed by atoms with Gasteiger partial charge in [-0.15, -0.1) is 0 Å². The lowest BCUT2D eigenvalue weighted by molar-refractivity contribution is 0.0953. The average Bonchev–Trinajstić information content (AvgIpc) is 2.74. The minimum Gasteiger partial charge on any atom is -0.399 e. The van der Waals surface area contributed by atoms with Crippen LogP contribution in [0.2, 0.25) is 5.02 Å². The van der Waals surface area contributed by atoms with Gasteiger partial charge in [0.1, 0.15) is 0 Å². The monoisotopic (exact) mass is 223 g/mol. The Morgan fingerprint density at radius 1 is 1.53 bits per heavy atom. The summed E-state index contributed by atoms with van der Waals surface area (Å²) in [5.41, 5.74) is 6.91. The van der Waals surface area contributed by atoms with Crippen molar-refractivity contribution in [1.29, 1.82) is 0 Å². The third-order valence-electron chi connectivity index (χ3n) is 3.09. The van der Waals surface area contributed by atoms with Crippen LogP contribution < -0.4 is 5.73 Å². The van der Waals surface area contributed by atoms with Crippen molar-refractivity contribution in [1.82, 2.24) is 0 Å². The van der Waals surface area contributed by atoms with E-state index in [2.05, 4.69) is 13.8 Å². The lowest BCUT2D eigenvalue weighted by Gasteiger charge is -2.05. The molecule has 0 spiro atoms. The summed E-state index contributed by atoms with van der Waals surface area (Å²) in [6.45, 7) is 4.20. The minimum absolute atomic E-state index is 0.124. The van der Waals surface area contributed by atoms with Crippen LogP contribution in [0.1, 0.15) is 30.6 Å². The first-order valence-electron chi connectivity index (χ1n) is 5.01. The molecule has 2 rings (SSSR count). The molecule has 0 aliphatic heterocycles. The highest BCUT2D eigenvalue weighted by Crippen LogP contribution is 2.53. The molecule has 1 atom stereocenters. The van der Waals surface area contributed by atoms with Crippen molar-refractivity contribution in [2.45, 2.75) is 20.3 Å². The van der Waals surface area contributed by atoms with Crippen molar-refractivity contribution in [2.24, 2.45) is 11.3 Å². The SMILES string of the molecule is CC1(C)CC1C(=O)c1ccc(N)cc1Cl. The fourth-order valence-corrected chi connectivity index (χ4v) is 2.12. The van der Waals surface area contributed by atoms with Crippen molar-refractivity contribution in [3.63, 3.8) is 0 Å².